The van der Waals surface area contributed by atoms with Crippen molar-refractivity contribution in [3.05, 3.63) is 24.3 Å². The van der Waals surface area contributed by atoms with E-state index in [4.69, 9.17) is 7.85 Å². The van der Waals surface area contributed by atoms with Crippen LogP contribution in [-0.2, 0) is 0 Å². The van der Waals surface area contributed by atoms with Crippen molar-refractivity contribution in [1.29, 1.82) is 0 Å². The van der Waals surface area contributed by atoms with Crippen molar-refractivity contribution in [2.45, 2.75) is 33.0 Å². The van der Waals surface area contributed by atoms with Crippen molar-refractivity contribution in [1.82, 2.24) is 0 Å². The van der Waals surface area contributed by atoms with Gasteiger partial charge in [0.1, 0.15) is 0 Å². The number of allylic oxidation sites excluding steroid dienone is 4. The van der Waals surface area contributed by atoms with Crippen molar-refractivity contribution in [2.75, 3.05) is 0 Å². The predicted octanol–water partition coefficient (Wildman–Crippen LogP) is 3.12. The lowest BCUT2D eigenvalue weighted by Gasteiger charge is -2.25. The lowest BCUT2D eigenvalue weighted by atomic mass is 9.63. The van der Waals surface area contributed by atoms with Gasteiger partial charge in [0.2, 0.25) is 0 Å². The van der Waals surface area contributed by atoms with Gasteiger partial charge in [-0.2, -0.15) is 0 Å². The van der Waals surface area contributed by atoms with E-state index in [-0.39, 0.29) is 5.31 Å². The molecule has 11 heavy (non-hydrogen) atoms. The Balaban J connectivity index is 4.34. The maximum Gasteiger partial charge on any atom is 0.0751 e. The average molecular weight is 148 g/mol. The Hall–Kier alpha value is -0.455. The molecule has 0 N–H and O–H groups in total. The van der Waals surface area contributed by atoms with E-state index < -0.39 is 0 Å². The summed E-state index contributed by atoms with van der Waals surface area (Å²) >= 11 is 0. The molecular formula is C10H17B. The van der Waals surface area contributed by atoms with Crippen LogP contribution >= 0.6 is 0 Å². The van der Waals surface area contributed by atoms with Gasteiger partial charge in [-0.3, -0.25) is 0 Å². The molecule has 0 unspecified atom stereocenters. The highest BCUT2D eigenvalue weighted by molar-refractivity contribution is 6.15. The molecule has 0 aromatic heterocycles. The van der Waals surface area contributed by atoms with Gasteiger partial charge >= 0.3 is 0 Å². The summed E-state index contributed by atoms with van der Waals surface area (Å²) in [5, 5.41) is -0.154. The second-order valence-electron chi connectivity index (χ2n) is 3.40. The normalized spacial score (nSPS) is 16.4. The Morgan fingerprint density at radius 3 is 1.64 bits per heavy atom. The van der Waals surface area contributed by atoms with Crippen LogP contribution in [0.4, 0.5) is 0 Å². The fourth-order valence-corrected chi connectivity index (χ4v) is 0.975. The van der Waals surface area contributed by atoms with Crippen LogP contribution in [0.3, 0.4) is 0 Å². The fraction of sp³-hybridized carbons (Fsp3) is 0.600. The summed E-state index contributed by atoms with van der Waals surface area (Å²) < 4.78 is 0. The van der Waals surface area contributed by atoms with Crippen LogP contribution in [-0.4, -0.2) is 7.85 Å². The van der Waals surface area contributed by atoms with E-state index in [9.17, 15) is 0 Å². The molecule has 0 saturated heterocycles. The van der Waals surface area contributed by atoms with Gasteiger partial charge in [0.05, 0.1) is 7.85 Å². The number of hydrogen-bond acceptors (Lipinski definition) is 0. The predicted molar refractivity (Wildman–Crippen MR) is 52.9 cm³/mol. The molecule has 0 amide bonds. The van der Waals surface area contributed by atoms with Crippen molar-refractivity contribution in [3.8, 4) is 0 Å². The summed E-state index contributed by atoms with van der Waals surface area (Å²) in [5.41, 5.74) is 0. The minimum absolute atomic E-state index is 0.154. The molecule has 60 valence electrons. The molecule has 0 rings (SSSR count). The van der Waals surface area contributed by atoms with Crippen LogP contribution in [0.15, 0.2) is 24.3 Å². The quantitative estimate of drug-likeness (QED) is 0.426. The molecule has 1 heteroatoms. The molecule has 0 aromatic carbocycles. The van der Waals surface area contributed by atoms with E-state index in [0.29, 0.717) is 5.92 Å². The first-order valence-electron chi connectivity index (χ1n) is 4.07. The molecule has 0 bridgehead atoms. The first kappa shape index (κ1) is 10.5. The molecule has 0 fully saturated rings. The van der Waals surface area contributed by atoms with Crippen molar-refractivity contribution in [3.63, 3.8) is 0 Å². The second kappa shape index (κ2) is 4.43. The maximum atomic E-state index is 5.95. The molecular weight excluding hydrogens is 131 g/mol. The lowest BCUT2D eigenvalue weighted by Crippen LogP contribution is -2.12. The SMILES string of the molecule is [B]C(C)(C)C(C=CC)C=CC. The molecule has 0 nitrogen and oxygen atoms in total. The highest BCUT2D eigenvalue weighted by Gasteiger charge is 2.17. The third kappa shape index (κ3) is 4.08. The lowest BCUT2D eigenvalue weighted by molar-refractivity contribution is 0.576. The van der Waals surface area contributed by atoms with Gasteiger partial charge in [-0.05, 0) is 19.8 Å². The van der Waals surface area contributed by atoms with Gasteiger partial charge in [0.25, 0.3) is 0 Å². The number of rotatable bonds is 3. The van der Waals surface area contributed by atoms with Gasteiger partial charge in [-0.15, -0.1) is 0 Å². The van der Waals surface area contributed by atoms with Gasteiger partial charge in [0.15, 0.2) is 0 Å². The Kier molecular flexibility index (Phi) is 4.25. The summed E-state index contributed by atoms with van der Waals surface area (Å²) in [6.07, 6.45) is 8.33. The number of hydrogen-bond donors (Lipinski definition) is 0. The largest absolute Gasteiger partial charge is 0.0911 e. The first-order chi connectivity index (χ1) is 5.02. The molecule has 0 atom stereocenters. The van der Waals surface area contributed by atoms with Crippen LogP contribution < -0.4 is 0 Å². The minimum atomic E-state index is -0.154. The van der Waals surface area contributed by atoms with E-state index in [1.807, 2.05) is 39.8 Å². The van der Waals surface area contributed by atoms with Gasteiger partial charge in [-0.25, -0.2) is 0 Å². The molecule has 0 aliphatic carbocycles. The van der Waals surface area contributed by atoms with Crippen molar-refractivity contribution < 1.29 is 0 Å². The van der Waals surface area contributed by atoms with Crippen molar-refractivity contribution in [2.24, 2.45) is 5.92 Å². The highest BCUT2D eigenvalue weighted by atomic mass is 14.2. The zero-order valence-electron chi connectivity index (χ0n) is 7.96. The molecule has 0 saturated carbocycles. The Morgan fingerprint density at radius 1 is 1.09 bits per heavy atom. The molecule has 0 spiro atoms. The molecule has 0 aromatic rings. The Bertz CT molecular complexity index is 137. The molecule has 0 aliphatic rings. The summed E-state index contributed by atoms with van der Waals surface area (Å²) in [7, 11) is 5.95. The molecule has 2 radical (unpaired) electrons. The van der Waals surface area contributed by atoms with Gasteiger partial charge in [-0.1, -0.05) is 43.5 Å². The zero-order chi connectivity index (χ0) is 8.91. The summed E-state index contributed by atoms with van der Waals surface area (Å²) in [4.78, 5) is 0. The summed E-state index contributed by atoms with van der Waals surface area (Å²) in [6.45, 7) is 8.11. The second-order valence-corrected chi connectivity index (χ2v) is 3.40. The standard InChI is InChI=1S/C10H17B/c1-5-7-9(8-6-2)10(3,4)11/h5-9H,1-4H3. The monoisotopic (exact) mass is 148 g/mol. The van der Waals surface area contributed by atoms with Crippen LogP contribution in [0.5, 0.6) is 0 Å². The van der Waals surface area contributed by atoms with E-state index in [0.717, 1.165) is 0 Å². The van der Waals surface area contributed by atoms with Crippen LogP contribution in [0.25, 0.3) is 0 Å². The average Bonchev–Trinajstić information content (AvgIpc) is 1.85. The van der Waals surface area contributed by atoms with Gasteiger partial charge in [0, 0.05) is 0 Å². The Morgan fingerprint density at radius 2 is 1.45 bits per heavy atom. The van der Waals surface area contributed by atoms with E-state index >= 15 is 0 Å². The topological polar surface area (TPSA) is 0 Å². The van der Waals surface area contributed by atoms with Crippen LogP contribution in [0.2, 0.25) is 5.31 Å². The first-order valence-corrected chi connectivity index (χ1v) is 4.07. The smallest absolute Gasteiger partial charge is 0.0751 e. The third-order valence-corrected chi connectivity index (χ3v) is 1.66. The van der Waals surface area contributed by atoms with Gasteiger partial charge < -0.3 is 0 Å². The molecule has 0 aliphatic heterocycles. The zero-order valence-corrected chi connectivity index (χ0v) is 7.96. The van der Waals surface area contributed by atoms with Crippen LogP contribution in [0, 0.1) is 5.92 Å². The maximum absolute atomic E-state index is 5.95. The van der Waals surface area contributed by atoms with Crippen LogP contribution in [0.1, 0.15) is 27.7 Å². The molecule has 0 heterocycles. The highest BCUT2D eigenvalue weighted by Crippen LogP contribution is 2.32. The van der Waals surface area contributed by atoms with E-state index in [1.165, 1.54) is 0 Å². The van der Waals surface area contributed by atoms with E-state index in [2.05, 4.69) is 12.2 Å². The van der Waals surface area contributed by atoms with Crippen molar-refractivity contribution >= 4 is 7.85 Å². The van der Waals surface area contributed by atoms with E-state index in [1.54, 1.807) is 0 Å². The summed E-state index contributed by atoms with van der Waals surface area (Å²) in [5.74, 6) is 0.345. The Labute approximate surface area is 71.8 Å². The minimum Gasteiger partial charge on any atom is -0.0911 e. The third-order valence-electron chi connectivity index (χ3n) is 1.66. The fourth-order valence-electron chi connectivity index (χ4n) is 0.975. The summed E-state index contributed by atoms with van der Waals surface area (Å²) in [6, 6.07) is 0.